The molecule has 2 saturated heterocycles. The number of aliphatic carboxylic acids is 1. The Hall–Kier alpha value is -3.26. The van der Waals surface area contributed by atoms with Crippen LogP contribution in [0.4, 0.5) is 5.13 Å². The molecular weight excluding hydrogens is 398 g/mol. The van der Waals surface area contributed by atoms with Crippen LogP contribution in [0.3, 0.4) is 0 Å². The van der Waals surface area contributed by atoms with Crippen LogP contribution in [0.5, 0.6) is 0 Å². The van der Waals surface area contributed by atoms with Crippen LogP contribution in [-0.4, -0.2) is 64.6 Å². The highest BCUT2D eigenvalue weighted by Gasteiger charge is 2.64. The number of nitrogen functional groups attached to an aromatic ring is 1. The fourth-order valence-corrected chi connectivity index (χ4v) is 3.47. The minimum atomic E-state index is -2.34. The van der Waals surface area contributed by atoms with E-state index in [1.807, 2.05) is 0 Å². The molecular formula is C14H15N5O8S. The van der Waals surface area contributed by atoms with Gasteiger partial charge in [-0.3, -0.25) is 19.2 Å². The SMILES string of the molecule is CO/N=C\C(=O)N[C@]1(c2csc(N)n2)CON(C2(C(=O)O)CCC(=O)O2)C1=O. The first-order chi connectivity index (χ1) is 13.2. The summed E-state index contributed by atoms with van der Waals surface area (Å²) >= 11 is 1.01. The molecule has 2 amide bonds. The second-order valence-corrected chi connectivity index (χ2v) is 6.71. The minimum absolute atomic E-state index is 0.0338. The Bertz CT molecular complexity index is 872. The maximum Gasteiger partial charge on any atom is 0.372 e. The smallest absolute Gasteiger partial charge is 0.372 e. The van der Waals surface area contributed by atoms with Crippen molar-refractivity contribution >= 4 is 46.4 Å². The van der Waals surface area contributed by atoms with Crippen molar-refractivity contribution in [3.63, 3.8) is 0 Å². The number of carbonyl (C=O) groups is 4. The predicted octanol–water partition coefficient (Wildman–Crippen LogP) is -1.44. The van der Waals surface area contributed by atoms with Crippen molar-refractivity contribution in [1.29, 1.82) is 0 Å². The summed E-state index contributed by atoms with van der Waals surface area (Å²) < 4.78 is 4.91. The summed E-state index contributed by atoms with van der Waals surface area (Å²) in [6.45, 7) is -0.506. The predicted molar refractivity (Wildman–Crippen MR) is 90.3 cm³/mol. The zero-order valence-electron chi connectivity index (χ0n) is 14.4. The van der Waals surface area contributed by atoms with E-state index >= 15 is 0 Å². The lowest BCUT2D eigenvalue weighted by Gasteiger charge is -2.32. The van der Waals surface area contributed by atoms with Crippen LogP contribution in [0.2, 0.25) is 0 Å². The second kappa shape index (κ2) is 7.05. The normalized spacial score (nSPS) is 27.2. The van der Waals surface area contributed by atoms with Gasteiger partial charge in [-0.05, 0) is 0 Å². The molecule has 0 spiro atoms. The number of anilines is 1. The Morgan fingerprint density at radius 1 is 1.54 bits per heavy atom. The number of nitrogens with two attached hydrogens (primary N) is 1. The molecule has 2 atom stereocenters. The van der Waals surface area contributed by atoms with E-state index in [-0.39, 0.29) is 23.7 Å². The summed E-state index contributed by atoms with van der Waals surface area (Å²) in [6, 6.07) is 0. The molecule has 0 saturated carbocycles. The number of hydroxylamine groups is 2. The monoisotopic (exact) mass is 413 g/mol. The summed E-state index contributed by atoms with van der Waals surface area (Å²) in [7, 11) is 1.22. The van der Waals surface area contributed by atoms with Crippen molar-refractivity contribution in [2.75, 3.05) is 19.5 Å². The molecule has 0 aromatic carbocycles. The van der Waals surface area contributed by atoms with Crippen molar-refractivity contribution in [3.8, 4) is 0 Å². The molecule has 28 heavy (non-hydrogen) atoms. The maximum atomic E-state index is 13.2. The number of oxime groups is 1. The van der Waals surface area contributed by atoms with Gasteiger partial charge in [0.2, 0.25) is 0 Å². The van der Waals surface area contributed by atoms with E-state index in [0.717, 1.165) is 17.6 Å². The van der Waals surface area contributed by atoms with Gasteiger partial charge in [0, 0.05) is 11.8 Å². The van der Waals surface area contributed by atoms with E-state index in [0.29, 0.717) is 5.06 Å². The lowest BCUT2D eigenvalue weighted by molar-refractivity contribution is -0.256. The Labute approximate surface area is 161 Å². The number of thiazole rings is 1. The van der Waals surface area contributed by atoms with Crippen molar-refractivity contribution in [3.05, 3.63) is 11.1 Å². The van der Waals surface area contributed by atoms with E-state index in [1.54, 1.807) is 0 Å². The molecule has 3 rings (SSSR count). The number of esters is 1. The van der Waals surface area contributed by atoms with E-state index in [9.17, 15) is 24.3 Å². The Balaban J connectivity index is 2.01. The summed E-state index contributed by atoms with van der Waals surface area (Å²) in [5, 5.41) is 17.3. The molecule has 150 valence electrons. The van der Waals surface area contributed by atoms with Gasteiger partial charge in [0.15, 0.2) is 10.7 Å². The fourth-order valence-electron chi connectivity index (χ4n) is 2.83. The standard InChI is InChI=1S/C14H15N5O8S/c1-25-16-4-8(20)18-13(7-5-28-12(15)17-7)6-26-19(10(13)22)14(11(23)24)3-2-9(21)27-14/h4-5H,2-3,6H2,1H3,(H2,15,17)(H,18,20)(H,23,24)/b16-4-/t13-,14?/m0/s1. The van der Waals surface area contributed by atoms with Gasteiger partial charge in [-0.1, -0.05) is 5.16 Å². The number of ether oxygens (including phenoxy) is 1. The van der Waals surface area contributed by atoms with E-state index < -0.39 is 41.6 Å². The molecule has 2 aliphatic heterocycles. The quantitative estimate of drug-likeness (QED) is 0.284. The average molecular weight is 413 g/mol. The van der Waals surface area contributed by atoms with Gasteiger partial charge < -0.3 is 25.7 Å². The van der Waals surface area contributed by atoms with Crippen LogP contribution in [0.1, 0.15) is 18.5 Å². The first-order valence-corrected chi connectivity index (χ1v) is 8.66. The van der Waals surface area contributed by atoms with Crippen LogP contribution in [0.15, 0.2) is 10.5 Å². The molecule has 0 radical (unpaired) electrons. The van der Waals surface area contributed by atoms with Crippen LogP contribution in [0, 0.1) is 0 Å². The van der Waals surface area contributed by atoms with Gasteiger partial charge in [-0.25, -0.2) is 9.78 Å². The van der Waals surface area contributed by atoms with Crippen molar-refractivity contribution in [1.82, 2.24) is 15.4 Å². The third-order valence-electron chi connectivity index (χ3n) is 4.14. The number of cyclic esters (lactones) is 1. The number of hydrogen-bond donors (Lipinski definition) is 3. The van der Waals surface area contributed by atoms with E-state index in [4.69, 9.17) is 15.3 Å². The molecule has 13 nitrogen and oxygen atoms in total. The molecule has 0 bridgehead atoms. The summed E-state index contributed by atoms with van der Waals surface area (Å²) in [4.78, 5) is 62.5. The van der Waals surface area contributed by atoms with E-state index in [1.165, 1.54) is 12.5 Å². The van der Waals surface area contributed by atoms with Gasteiger partial charge in [0.25, 0.3) is 11.8 Å². The van der Waals surface area contributed by atoms with Crippen molar-refractivity contribution in [2.45, 2.75) is 24.1 Å². The molecule has 2 aliphatic rings. The number of nitrogens with one attached hydrogen (secondary N) is 1. The van der Waals surface area contributed by atoms with Gasteiger partial charge >= 0.3 is 17.7 Å². The Kier molecular flexibility index (Phi) is 4.91. The third-order valence-corrected chi connectivity index (χ3v) is 4.82. The zero-order chi connectivity index (χ0) is 20.5. The number of hydrogen-bond acceptors (Lipinski definition) is 11. The minimum Gasteiger partial charge on any atom is -0.477 e. The number of amides is 2. The highest BCUT2D eigenvalue weighted by atomic mass is 32.1. The second-order valence-electron chi connectivity index (χ2n) is 5.82. The van der Waals surface area contributed by atoms with Crippen LogP contribution in [0.25, 0.3) is 0 Å². The summed E-state index contributed by atoms with van der Waals surface area (Å²) in [6.07, 6.45) is 0.236. The molecule has 3 heterocycles. The Morgan fingerprint density at radius 3 is 2.82 bits per heavy atom. The molecule has 1 unspecified atom stereocenters. The number of carboxylic acid groups (broad SMARTS) is 1. The van der Waals surface area contributed by atoms with Gasteiger partial charge in [-0.2, -0.15) is 5.06 Å². The fraction of sp³-hybridized carbons (Fsp3) is 0.429. The van der Waals surface area contributed by atoms with Gasteiger partial charge in [-0.15, -0.1) is 11.3 Å². The van der Waals surface area contributed by atoms with Gasteiger partial charge in [0.05, 0.1) is 12.1 Å². The molecule has 1 aromatic heterocycles. The van der Waals surface area contributed by atoms with Crippen molar-refractivity contribution < 1.29 is 38.7 Å². The molecule has 2 fully saturated rings. The highest BCUT2D eigenvalue weighted by Crippen LogP contribution is 2.40. The van der Waals surface area contributed by atoms with E-state index in [2.05, 4.69) is 20.3 Å². The van der Waals surface area contributed by atoms with Crippen molar-refractivity contribution in [2.24, 2.45) is 5.16 Å². The third kappa shape index (κ3) is 3.01. The first kappa shape index (κ1) is 19.5. The lowest BCUT2D eigenvalue weighted by atomic mass is 9.95. The number of rotatable bonds is 6. The number of nitrogens with zero attached hydrogens (tertiary/aromatic N) is 3. The number of carbonyl (C=O) groups excluding carboxylic acids is 3. The van der Waals surface area contributed by atoms with Gasteiger partial charge in [0.1, 0.15) is 19.9 Å². The lowest BCUT2D eigenvalue weighted by Crippen LogP contribution is -2.60. The zero-order valence-corrected chi connectivity index (χ0v) is 15.2. The molecule has 0 aliphatic carbocycles. The first-order valence-electron chi connectivity index (χ1n) is 7.78. The Morgan fingerprint density at radius 2 is 2.29 bits per heavy atom. The summed E-state index contributed by atoms with van der Waals surface area (Å²) in [5.41, 5.74) is 1.42. The molecule has 14 heteroatoms. The maximum absolute atomic E-state index is 13.2. The largest absolute Gasteiger partial charge is 0.477 e. The summed E-state index contributed by atoms with van der Waals surface area (Å²) in [5.74, 6) is -4.22. The van der Waals surface area contributed by atoms with Crippen LogP contribution in [-0.2, 0) is 39.1 Å². The molecule has 1 aromatic rings. The van der Waals surface area contributed by atoms with Crippen LogP contribution < -0.4 is 11.1 Å². The number of carboxylic acids is 1. The highest BCUT2D eigenvalue weighted by molar-refractivity contribution is 7.13. The topological polar surface area (TPSA) is 183 Å². The van der Waals surface area contributed by atoms with Crippen LogP contribution >= 0.6 is 11.3 Å². The average Bonchev–Trinajstić information content (AvgIpc) is 3.33. The molecule has 4 N–H and O–H groups in total. The number of aromatic nitrogens is 1.